The first-order valence-electron chi connectivity index (χ1n) is 7.37. The van der Waals surface area contributed by atoms with Gasteiger partial charge in [0.05, 0.1) is 16.9 Å². The Bertz CT molecular complexity index is 979. The number of hydrogen-bond donors (Lipinski definition) is 1. The lowest BCUT2D eigenvalue weighted by atomic mass is 10.2. The summed E-state index contributed by atoms with van der Waals surface area (Å²) in [5.74, 6) is 0.757. The van der Waals surface area contributed by atoms with E-state index in [2.05, 4.69) is 10.3 Å². The molecule has 1 amide bonds. The number of thiazole rings is 1. The van der Waals surface area contributed by atoms with Crippen molar-refractivity contribution in [2.45, 2.75) is 20.0 Å². The van der Waals surface area contributed by atoms with E-state index in [0.717, 1.165) is 29.2 Å². The molecule has 0 spiro atoms. The zero-order chi connectivity index (χ0) is 19.1. The van der Waals surface area contributed by atoms with E-state index in [0.29, 0.717) is 24.9 Å². The fourth-order valence-corrected chi connectivity index (χ4v) is 3.63. The molecular formula is C17H12F3IN2O2S. The van der Waals surface area contributed by atoms with Gasteiger partial charge in [0.15, 0.2) is 10.8 Å². The van der Waals surface area contributed by atoms with Crippen LogP contribution in [0.2, 0.25) is 0 Å². The van der Waals surface area contributed by atoms with Crippen LogP contribution in [0, 0.1) is 17.4 Å². The molecule has 0 radical (unpaired) electrons. The summed E-state index contributed by atoms with van der Waals surface area (Å²) in [5.41, 5.74) is -0.229. The number of alkyl halides is 3. The summed E-state index contributed by atoms with van der Waals surface area (Å²) in [6, 6.07) is 6.76. The lowest BCUT2D eigenvalue weighted by Gasteiger charge is -2.11. The largest absolute Gasteiger partial charge is 0.459 e. The van der Waals surface area contributed by atoms with Crippen molar-refractivity contribution in [1.82, 2.24) is 4.98 Å². The van der Waals surface area contributed by atoms with Gasteiger partial charge in [-0.25, -0.2) is 4.98 Å². The molecular weight excluding hydrogens is 480 g/mol. The van der Waals surface area contributed by atoms with Crippen molar-refractivity contribution >= 4 is 45.5 Å². The zero-order valence-corrected chi connectivity index (χ0v) is 16.5. The predicted molar refractivity (Wildman–Crippen MR) is 101 cm³/mol. The zero-order valence-electron chi connectivity index (χ0n) is 13.6. The Morgan fingerprint density at radius 2 is 1.96 bits per heavy atom. The molecule has 3 aromatic rings. The van der Waals surface area contributed by atoms with Crippen LogP contribution in [0.5, 0.6) is 0 Å². The van der Waals surface area contributed by atoms with Crippen molar-refractivity contribution in [3.63, 3.8) is 0 Å². The summed E-state index contributed by atoms with van der Waals surface area (Å²) in [5, 5.41) is 3.08. The first kappa shape index (κ1) is 18.9. The number of amides is 1. The molecule has 0 fully saturated rings. The van der Waals surface area contributed by atoms with Gasteiger partial charge in [-0.15, -0.1) is 11.3 Å². The third-order valence-corrected chi connectivity index (χ3v) is 5.61. The van der Waals surface area contributed by atoms with Gasteiger partial charge in [-0.2, -0.15) is 13.2 Å². The van der Waals surface area contributed by atoms with Gasteiger partial charge in [-0.1, -0.05) is 0 Å². The van der Waals surface area contributed by atoms with Gasteiger partial charge >= 0.3 is 6.18 Å². The number of furan rings is 1. The number of hydrogen-bond acceptors (Lipinski definition) is 4. The maximum Gasteiger partial charge on any atom is 0.416 e. The van der Waals surface area contributed by atoms with Crippen LogP contribution < -0.4 is 5.32 Å². The number of aryl methyl sites for hydroxylation is 2. The number of halogens is 4. The highest BCUT2D eigenvalue weighted by Crippen LogP contribution is 2.34. The number of carbonyl (C=O) groups is 1. The number of carbonyl (C=O) groups excluding carboxylic acids is 1. The minimum Gasteiger partial charge on any atom is -0.459 e. The fraction of sp³-hybridized carbons (Fsp3) is 0.176. The maximum absolute atomic E-state index is 12.9. The molecule has 26 heavy (non-hydrogen) atoms. The SMILES string of the molecule is Cc1ccc(-c2nc(C)c(C(=O)Nc3cc(C(F)(F)F)ccc3I)s2)o1. The molecule has 3 rings (SSSR count). The van der Waals surface area contributed by atoms with Crippen molar-refractivity contribution in [1.29, 1.82) is 0 Å². The topological polar surface area (TPSA) is 55.1 Å². The van der Waals surface area contributed by atoms with Gasteiger partial charge in [0.1, 0.15) is 10.6 Å². The number of rotatable bonds is 3. The van der Waals surface area contributed by atoms with Crippen LogP contribution in [0.25, 0.3) is 10.8 Å². The summed E-state index contributed by atoms with van der Waals surface area (Å²) in [4.78, 5) is 17.2. The van der Waals surface area contributed by atoms with Crippen molar-refractivity contribution in [2.75, 3.05) is 5.32 Å². The Morgan fingerprint density at radius 1 is 1.23 bits per heavy atom. The Balaban J connectivity index is 1.88. The summed E-state index contributed by atoms with van der Waals surface area (Å²) in [6.45, 7) is 3.47. The van der Waals surface area contributed by atoms with Crippen LogP contribution >= 0.6 is 33.9 Å². The minimum atomic E-state index is -4.48. The summed E-state index contributed by atoms with van der Waals surface area (Å²) in [7, 11) is 0. The third-order valence-electron chi connectivity index (χ3n) is 3.50. The van der Waals surface area contributed by atoms with Crippen LogP contribution in [0.1, 0.15) is 26.7 Å². The highest BCUT2D eigenvalue weighted by Gasteiger charge is 2.31. The standard InChI is InChI=1S/C17H12F3IN2O2S/c1-8-3-6-13(25-8)16-22-9(2)14(26-16)15(24)23-12-7-10(17(18,19)20)4-5-11(12)21/h3-7H,1-2H3,(H,23,24). The molecule has 0 aliphatic heterocycles. The lowest BCUT2D eigenvalue weighted by Crippen LogP contribution is -2.14. The number of anilines is 1. The Labute approximate surface area is 164 Å². The van der Waals surface area contributed by atoms with Crippen LogP contribution in [-0.4, -0.2) is 10.9 Å². The first-order chi connectivity index (χ1) is 12.1. The summed E-state index contributed by atoms with van der Waals surface area (Å²) >= 11 is 3.00. The highest BCUT2D eigenvalue weighted by molar-refractivity contribution is 14.1. The molecule has 9 heteroatoms. The molecule has 0 saturated heterocycles. The normalized spacial score (nSPS) is 11.6. The number of nitrogens with zero attached hydrogens (tertiary/aromatic N) is 1. The van der Waals surface area contributed by atoms with Crippen molar-refractivity contribution in [2.24, 2.45) is 0 Å². The van der Waals surface area contributed by atoms with Gasteiger partial charge in [-0.3, -0.25) is 4.79 Å². The molecule has 4 nitrogen and oxygen atoms in total. The average Bonchev–Trinajstić information content (AvgIpc) is 3.14. The predicted octanol–water partition coefficient (Wildman–Crippen LogP) is 5.90. The molecule has 0 atom stereocenters. The second kappa shape index (κ2) is 7.03. The molecule has 1 N–H and O–H groups in total. The molecule has 136 valence electrons. The minimum absolute atomic E-state index is 0.105. The number of aromatic nitrogens is 1. The van der Waals surface area contributed by atoms with Crippen LogP contribution in [0.15, 0.2) is 34.7 Å². The Morgan fingerprint density at radius 3 is 2.58 bits per heavy atom. The number of benzene rings is 1. The average molecular weight is 492 g/mol. The lowest BCUT2D eigenvalue weighted by molar-refractivity contribution is -0.137. The molecule has 1 aromatic carbocycles. The molecule has 0 bridgehead atoms. The third kappa shape index (κ3) is 3.93. The van der Waals surface area contributed by atoms with Gasteiger partial charge in [0, 0.05) is 3.57 Å². The summed E-state index contributed by atoms with van der Waals surface area (Å²) in [6.07, 6.45) is -4.48. The number of nitrogens with one attached hydrogen (secondary N) is 1. The van der Waals surface area contributed by atoms with E-state index in [1.807, 2.05) is 22.6 Å². The molecule has 2 heterocycles. The van der Waals surface area contributed by atoms with Crippen LogP contribution in [-0.2, 0) is 6.18 Å². The first-order valence-corrected chi connectivity index (χ1v) is 9.27. The van der Waals surface area contributed by atoms with E-state index in [-0.39, 0.29) is 5.69 Å². The van der Waals surface area contributed by atoms with Crippen molar-refractivity contribution in [3.05, 3.63) is 55.8 Å². The van der Waals surface area contributed by atoms with Crippen LogP contribution in [0.4, 0.5) is 18.9 Å². The molecule has 0 unspecified atom stereocenters. The monoisotopic (exact) mass is 492 g/mol. The highest BCUT2D eigenvalue weighted by atomic mass is 127. The van der Waals surface area contributed by atoms with E-state index in [1.54, 1.807) is 26.0 Å². The maximum atomic E-state index is 12.9. The van der Waals surface area contributed by atoms with E-state index < -0.39 is 17.6 Å². The molecule has 0 aliphatic carbocycles. The second-order valence-corrected chi connectivity index (χ2v) is 7.65. The summed E-state index contributed by atoms with van der Waals surface area (Å²) < 4.78 is 44.7. The van der Waals surface area contributed by atoms with Crippen LogP contribution in [0.3, 0.4) is 0 Å². The smallest absolute Gasteiger partial charge is 0.416 e. The Kier molecular flexibility index (Phi) is 5.11. The van der Waals surface area contributed by atoms with E-state index >= 15 is 0 Å². The Hall–Kier alpha value is -1.88. The molecule has 0 aliphatic rings. The van der Waals surface area contributed by atoms with E-state index in [4.69, 9.17) is 4.42 Å². The van der Waals surface area contributed by atoms with Gasteiger partial charge in [0.25, 0.3) is 5.91 Å². The van der Waals surface area contributed by atoms with E-state index in [9.17, 15) is 18.0 Å². The molecule has 0 saturated carbocycles. The van der Waals surface area contributed by atoms with Crippen molar-refractivity contribution in [3.8, 4) is 10.8 Å². The van der Waals surface area contributed by atoms with Gasteiger partial charge in [-0.05, 0) is 66.8 Å². The fourth-order valence-electron chi connectivity index (χ4n) is 2.24. The second-order valence-electron chi connectivity index (χ2n) is 5.49. The van der Waals surface area contributed by atoms with E-state index in [1.165, 1.54) is 6.07 Å². The quantitative estimate of drug-likeness (QED) is 0.464. The van der Waals surface area contributed by atoms with Gasteiger partial charge < -0.3 is 9.73 Å². The molecule has 2 aromatic heterocycles. The van der Waals surface area contributed by atoms with Gasteiger partial charge in [0.2, 0.25) is 0 Å². The van der Waals surface area contributed by atoms with Crippen molar-refractivity contribution < 1.29 is 22.4 Å².